The molecule has 0 spiro atoms. The number of ether oxygens (including phenoxy) is 3. The minimum atomic E-state index is 0.145. The van der Waals surface area contributed by atoms with Gasteiger partial charge in [-0.1, -0.05) is 6.92 Å². The molecule has 0 bridgehead atoms. The Bertz CT molecular complexity index is 802. The molecule has 1 aliphatic rings. The number of rotatable bonds is 7. The van der Waals surface area contributed by atoms with Crippen LogP contribution < -0.4 is 14.4 Å². The van der Waals surface area contributed by atoms with Crippen molar-refractivity contribution in [3.05, 3.63) is 45.5 Å². The van der Waals surface area contributed by atoms with Gasteiger partial charge in [0.05, 0.1) is 35.7 Å². The van der Waals surface area contributed by atoms with E-state index in [1.165, 1.54) is 5.69 Å². The summed E-state index contributed by atoms with van der Waals surface area (Å²) < 4.78 is 18.0. The second-order valence-corrected chi connectivity index (χ2v) is 7.91. The average Bonchev–Trinajstić information content (AvgIpc) is 2.74. The number of nitrogens with zero attached hydrogens (tertiary/aromatic N) is 2. The summed E-state index contributed by atoms with van der Waals surface area (Å²) in [5.74, 6) is 1.53. The van der Waals surface area contributed by atoms with Gasteiger partial charge >= 0.3 is 0 Å². The summed E-state index contributed by atoms with van der Waals surface area (Å²) in [7, 11) is 1.67. The molecule has 1 aliphatic heterocycles. The standard InChI is InChI=1S/C22H27IN2O3/c1-4-16(2)28-22-20(23)13-17(14-21(22)26-3)15-24-18-5-7-19(8-6-18)25-9-11-27-12-10-25/h5-8,13-16H,4,9-12H2,1-3H3/t16-/m1/s1. The van der Waals surface area contributed by atoms with Gasteiger partial charge in [-0.25, -0.2) is 0 Å². The Morgan fingerprint density at radius 1 is 1.21 bits per heavy atom. The predicted octanol–water partition coefficient (Wildman–Crippen LogP) is 5.06. The van der Waals surface area contributed by atoms with Crippen LogP contribution in [0.2, 0.25) is 0 Å². The summed E-state index contributed by atoms with van der Waals surface area (Å²) in [5, 5.41) is 0. The van der Waals surface area contributed by atoms with E-state index in [2.05, 4.69) is 64.5 Å². The maximum atomic E-state index is 6.01. The first-order valence-corrected chi connectivity index (χ1v) is 10.7. The van der Waals surface area contributed by atoms with E-state index >= 15 is 0 Å². The number of morpholine rings is 1. The highest BCUT2D eigenvalue weighted by Gasteiger charge is 2.14. The van der Waals surface area contributed by atoms with Crippen LogP contribution in [0.1, 0.15) is 25.8 Å². The highest BCUT2D eigenvalue weighted by molar-refractivity contribution is 14.1. The van der Waals surface area contributed by atoms with Crippen LogP contribution in [-0.4, -0.2) is 45.7 Å². The first-order valence-electron chi connectivity index (χ1n) is 9.61. The SMILES string of the molecule is CC[C@@H](C)Oc1c(I)cc(C=Nc2ccc(N3CCOCC3)cc2)cc1OC. The van der Waals surface area contributed by atoms with E-state index in [1.807, 2.05) is 24.4 Å². The molecule has 0 radical (unpaired) electrons. The molecule has 0 aliphatic carbocycles. The third kappa shape index (κ3) is 5.38. The molecule has 1 atom stereocenters. The Morgan fingerprint density at radius 2 is 1.93 bits per heavy atom. The third-order valence-electron chi connectivity index (χ3n) is 4.73. The molecule has 0 amide bonds. The van der Waals surface area contributed by atoms with Crippen LogP contribution in [0.3, 0.4) is 0 Å². The lowest BCUT2D eigenvalue weighted by molar-refractivity contribution is 0.122. The molecular formula is C22H27IN2O3. The highest BCUT2D eigenvalue weighted by Crippen LogP contribution is 2.34. The van der Waals surface area contributed by atoms with Crippen molar-refractivity contribution in [2.24, 2.45) is 4.99 Å². The van der Waals surface area contributed by atoms with Crippen molar-refractivity contribution < 1.29 is 14.2 Å². The van der Waals surface area contributed by atoms with E-state index in [0.29, 0.717) is 0 Å². The normalized spacial score (nSPS) is 15.6. The van der Waals surface area contributed by atoms with Crippen molar-refractivity contribution in [2.45, 2.75) is 26.4 Å². The first kappa shape index (κ1) is 20.9. The van der Waals surface area contributed by atoms with Gasteiger partial charge in [0.25, 0.3) is 0 Å². The van der Waals surface area contributed by atoms with Gasteiger partial charge in [0.2, 0.25) is 0 Å². The minimum absolute atomic E-state index is 0.145. The van der Waals surface area contributed by atoms with Crippen molar-refractivity contribution in [1.82, 2.24) is 0 Å². The quantitative estimate of drug-likeness (QED) is 0.399. The molecule has 6 heteroatoms. The van der Waals surface area contributed by atoms with E-state index < -0.39 is 0 Å². The largest absolute Gasteiger partial charge is 0.493 e. The fourth-order valence-electron chi connectivity index (χ4n) is 2.93. The lowest BCUT2D eigenvalue weighted by Crippen LogP contribution is -2.36. The number of benzene rings is 2. The van der Waals surface area contributed by atoms with Crippen LogP contribution in [0.25, 0.3) is 0 Å². The number of methoxy groups -OCH3 is 1. The van der Waals surface area contributed by atoms with Crippen molar-refractivity contribution in [1.29, 1.82) is 0 Å². The Morgan fingerprint density at radius 3 is 2.57 bits per heavy atom. The Labute approximate surface area is 180 Å². The second kappa shape index (κ2) is 10.1. The molecule has 1 heterocycles. The van der Waals surface area contributed by atoms with Crippen LogP contribution in [0.4, 0.5) is 11.4 Å². The molecule has 28 heavy (non-hydrogen) atoms. The van der Waals surface area contributed by atoms with Gasteiger partial charge < -0.3 is 19.1 Å². The van der Waals surface area contributed by atoms with Crippen LogP contribution in [0.15, 0.2) is 41.4 Å². The van der Waals surface area contributed by atoms with Gasteiger partial charge in [0.1, 0.15) is 0 Å². The zero-order valence-electron chi connectivity index (χ0n) is 16.7. The molecular weight excluding hydrogens is 467 g/mol. The molecule has 5 nitrogen and oxygen atoms in total. The van der Waals surface area contributed by atoms with Crippen molar-refractivity contribution >= 4 is 40.2 Å². The number of anilines is 1. The van der Waals surface area contributed by atoms with E-state index in [-0.39, 0.29) is 6.10 Å². The average molecular weight is 494 g/mol. The van der Waals surface area contributed by atoms with Gasteiger partial charge in [0, 0.05) is 25.0 Å². The summed E-state index contributed by atoms with van der Waals surface area (Å²) in [6.45, 7) is 7.62. The monoisotopic (exact) mass is 494 g/mol. The summed E-state index contributed by atoms with van der Waals surface area (Å²) in [6, 6.07) is 12.3. The van der Waals surface area contributed by atoms with Crippen LogP contribution in [-0.2, 0) is 4.74 Å². The fourth-order valence-corrected chi connectivity index (χ4v) is 3.69. The fraction of sp³-hybridized carbons (Fsp3) is 0.409. The third-order valence-corrected chi connectivity index (χ3v) is 5.54. The molecule has 1 fully saturated rings. The Balaban J connectivity index is 1.73. The summed E-state index contributed by atoms with van der Waals surface area (Å²) >= 11 is 2.29. The molecule has 0 unspecified atom stereocenters. The number of aliphatic imine (C=N–C) groups is 1. The molecule has 0 saturated carbocycles. The van der Waals surface area contributed by atoms with Gasteiger partial charge in [-0.05, 0) is 77.9 Å². The Hall–Kier alpha value is -1.80. The Kier molecular flexibility index (Phi) is 7.56. The minimum Gasteiger partial charge on any atom is -0.493 e. The van der Waals surface area contributed by atoms with Crippen LogP contribution >= 0.6 is 22.6 Å². The maximum Gasteiger partial charge on any atom is 0.174 e. The van der Waals surface area contributed by atoms with Crippen molar-refractivity contribution in [3.8, 4) is 11.5 Å². The molecule has 0 N–H and O–H groups in total. The van der Waals surface area contributed by atoms with Crippen molar-refractivity contribution in [2.75, 3.05) is 38.3 Å². The number of halogens is 1. The molecule has 1 saturated heterocycles. The van der Waals surface area contributed by atoms with Gasteiger partial charge in [0.15, 0.2) is 11.5 Å². The number of hydrogen-bond acceptors (Lipinski definition) is 5. The van der Waals surface area contributed by atoms with Crippen LogP contribution in [0.5, 0.6) is 11.5 Å². The summed E-state index contributed by atoms with van der Waals surface area (Å²) in [5.41, 5.74) is 3.12. The van der Waals surface area contributed by atoms with E-state index in [0.717, 1.165) is 59.0 Å². The topological polar surface area (TPSA) is 43.3 Å². The zero-order chi connectivity index (χ0) is 19.9. The zero-order valence-corrected chi connectivity index (χ0v) is 18.8. The van der Waals surface area contributed by atoms with E-state index in [9.17, 15) is 0 Å². The van der Waals surface area contributed by atoms with E-state index in [4.69, 9.17) is 14.2 Å². The summed E-state index contributed by atoms with van der Waals surface area (Å²) in [6.07, 6.45) is 2.96. The van der Waals surface area contributed by atoms with Gasteiger partial charge in [-0.2, -0.15) is 0 Å². The molecule has 150 valence electrons. The van der Waals surface area contributed by atoms with Crippen molar-refractivity contribution in [3.63, 3.8) is 0 Å². The van der Waals surface area contributed by atoms with Gasteiger partial charge in [-0.3, -0.25) is 4.99 Å². The molecule has 3 rings (SSSR count). The first-order chi connectivity index (χ1) is 13.6. The smallest absolute Gasteiger partial charge is 0.174 e. The number of hydrogen-bond donors (Lipinski definition) is 0. The highest BCUT2D eigenvalue weighted by atomic mass is 127. The van der Waals surface area contributed by atoms with Crippen LogP contribution in [0, 0.1) is 3.57 Å². The molecule has 0 aromatic heterocycles. The predicted molar refractivity (Wildman–Crippen MR) is 123 cm³/mol. The van der Waals surface area contributed by atoms with E-state index in [1.54, 1.807) is 7.11 Å². The molecule has 2 aromatic carbocycles. The lowest BCUT2D eigenvalue weighted by atomic mass is 10.2. The van der Waals surface area contributed by atoms with Gasteiger partial charge in [-0.15, -0.1) is 0 Å². The molecule has 2 aromatic rings. The maximum absolute atomic E-state index is 6.01. The second-order valence-electron chi connectivity index (χ2n) is 6.74. The summed E-state index contributed by atoms with van der Waals surface area (Å²) in [4.78, 5) is 6.95. The lowest BCUT2D eigenvalue weighted by Gasteiger charge is -2.28.